The first kappa shape index (κ1) is 14.4. The Bertz CT molecular complexity index is 603. The Morgan fingerprint density at radius 3 is 2.74 bits per heavy atom. The fourth-order valence-corrected chi connectivity index (χ4v) is 3.24. The quantitative estimate of drug-likeness (QED) is 0.783. The third kappa shape index (κ3) is 2.95. The molecule has 0 amide bonds. The molecule has 0 saturated carbocycles. The van der Waals surface area contributed by atoms with Gasteiger partial charge in [0.05, 0.1) is 27.3 Å². The minimum atomic E-state index is 0.0438. The zero-order valence-electron chi connectivity index (χ0n) is 11.2. The van der Waals surface area contributed by atoms with E-state index in [2.05, 4.69) is 32.9 Å². The van der Waals surface area contributed by atoms with Crippen molar-refractivity contribution in [2.24, 2.45) is 0 Å². The lowest BCUT2D eigenvalue weighted by Crippen LogP contribution is -2.10. The molecule has 0 spiro atoms. The molecule has 102 valence electrons. The molecule has 0 aliphatic carbocycles. The Labute approximate surface area is 125 Å². The Kier molecular flexibility index (Phi) is 4.52. The van der Waals surface area contributed by atoms with E-state index < -0.39 is 0 Å². The molecule has 2 aromatic heterocycles. The fraction of sp³-hybridized carbons (Fsp3) is 0.462. The third-order valence-corrected chi connectivity index (χ3v) is 4.62. The number of carbonyl (C=O) groups excluding carboxylic acids is 1. The second-order valence-electron chi connectivity index (χ2n) is 4.23. The lowest BCUT2D eigenvalue weighted by atomic mass is 10.1. The van der Waals surface area contributed by atoms with Crippen LogP contribution in [0.15, 0.2) is 9.85 Å². The summed E-state index contributed by atoms with van der Waals surface area (Å²) in [5.74, 6) is 0.0438. The predicted octanol–water partition coefficient (Wildman–Crippen LogP) is 3.42. The second kappa shape index (κ2) is 5.96. The van der Waals surface area contributed by atoms with E-state index in [-0.39, 0.29) is 5.78 Å². The molecule has 0 unspecified atom stereocenters. The normalized spacial score (nSPS) is 10.9. The smallest absolute Gasteiger partial charge is 0.188 e. The van der Waals surface area contributed by atoms with E-state index >= 15 is 0 Å². The maximum atomic E-state index is 12.2. The van der Waals surface area contributed by atoms with E-state index in [0.717, 1.165) is 33.8 Å². The minimum absolute atomic E-state index is 0.0438. The summed E-state index contributed by atoms with van der Waals surface area (Å²) >= 11 is 5.06. The van der Waals surface area contributed by atoms with Gasteiger partial charge in [0.25, 0.3) is 0 Å². The van der Waals surface area contributed by atoms with Gasteiger partial charge in [0.1, 0.15) is 5.69 Å². The van der Waals surface area contributed by atoms with Gasteiger partial charge >= 0.3 is 0 Å². The van der Waals surface area contributed by atoms with Gasteiger partial charge < -0.3 is 0 Å². The molecular weight excluding hydrogens is 326 g/mol. The molecule has 0 fully saturated rings. The molecule has 2 aromatic rings. The van der Waals surface area contributed by atoms with Gasteiger partial charge in [-0.15, -0.1) is 11.3 Å². The predicted molar refractivity (Wildman–Crippen MR) is 79.9 cm³/mol. The average Bonchev–Trinajstić information content (AvgIpc) is 2.95. The Balaban J connectivity index is 2.28. The van der Waals surface area contributed by atoms with Crippen LogP contribution in [0.4, 0.5) is 0 Å². The molecule has 0 bridgehead atoms. The van der Waals surface area contributed by atoms with E-state index in [1.807, 2.05) is 23.9 Å². The lowest BCUT2D eigenvalue weighted by Gasteiger charge is -2.03. The van der Waals surface area contributed by atoms with Crippen LogP contribution in [-0.2, 0) is 19.4 Å². The summed E-state index contributed by atoms with van der Waals surface area (Å²) in [6.07, 6.45) is 1.19. The Morgan fingerprint density at radius 2 is 2.21 bits per heavy atom. The van der Waals surface area contributed by atoms with E-state index in [1.165, 1.54) is 11.3 Å². The van der Waals surface area contributed by atoms with Gasteiger partial charge in [-0.25, -0.2) is 4.98 Å². The van der Waals surface area contributed by atoms with Crippen LogP contribution in [-0.4, -0.2) is 20.5 Å². The van der Waals surface area contributed by atoms with Crippen LogP contribution in [0.1, 0.15) is 40.7 Å². The van der Waals surface area contributed by atoms with Gasteiger partial charge in [-0.1, -0.05) is 6.92 Å². The first-order chi connectivity index (χ1) is 9.06. The SMILES string of the molecule is CCc1nn(CC)c(CC(=O)c2csc(C)n2)c1Br. The minimum Gasteiger partial charge on any atom is -0.292 e. The molecular formula is C13H16BrN3OS. The van der Waals surface area contributed by atoms with Crippen LogP contribution in [0.2, 0.25) is 0 Å². The highest BCUT2D eigenvalue weighted by molar-refractivity contribution is 9.10. The van der Waals surface area contributed by atoms with Crippen molar-refractivity contribution < 1.29 is 4.79 Å². The number of Topliss-reactive ketones (excluding diaryl/α,β-unsaturated/α-hetero) is 1. The number of aromatic nitrogens is 3. The number of thiazole rings is 1. The molecule has 19 heavy (non-hydrogen) atoms. The summed E-state index contributed by atoms with van der Waals surface area (Å²) in [6.45, 7) is 6.75. The molecule has 6 heteroatoms. The molecule has 2 rings (SSSR count). The second-order valence-corrected chi connectivity index (χ2v) is 6.08. The molecule has 0 N–H and O–H groups in total. The van der Waals surface area contributed by atoms with Gasteiger partial charge in [0.2, 0.25) is 0 Å². The number of hydrogen-bond acceptors (Lipinski definition) is 4. The van der Waals surface area contributed by atoms with E-state index in [1.54, 1.807) is 0 Å². The molecule has 0 aliphatic rings. The van der Waals surface area contributed by atoms with E-state index in [9.17, 15) is 4.79 Å². The van der Waals surface area contributed by atoms with Crippen molar-refractivity contribution in [2.75, 3.05) is 0 Å². The van der Waals surface area contributed by atoms with Crippen LogP contribution in [0.5, 0.6) is 0 Å². The van der Waals surface area contributed by atoms with Crippen molar-refractivity contribution in [3.63, 3.8) is 0 Å². The van der Waals surface area contributed by atoms with Crippen molar-refractivity contribution in [3.8, 4) is 0 Å². The first-order valence-corrected chi connectivity index (χ1v) is 7.93. The lowest BCUT2D eigenvalue weighted by molar-refractivity contribution is 0.0986. The fourth-order valence-electron chi connectivity index (χ4n) is 1.92. The topological polar surface area (TPSA) is 47.8 Å². The summed E-state index contributed by atoms with van der Waals surface area (Å²) in [4.78, 5) is 16.5. The van der Waals surface area contributed by atoms with Gasteiger partial charge in [-0.3, -0.25) is 9.48 Å². The standard InChI is InChI=1S/C13H16BrN3OS/c1-4-9-13(14)11(17(5-2)16-9)6-12(18)10-7-19-8(3)15-10/h7H,4-6H2,1-3H3. The van der Waals surface area contributed by atoms with Gasteiger partial charge in [0, 0.05) is 11.9 Å². The maximum absolute atomic E-state index is 12.2. The highest BCUT2D eigenvalue weighted by Gasteiger charge is 2.19. The number of nitrogens with zero attached hydrogens (tertiary/aromatic N) is 3. The number of carbonyl (C=O) groups is 1. The molecule has 0 aliphatic heterocycles. The molecule has 0 aromatic carbocycles. The molecule has 0 radical (unpaired) electrons. The number of halogens is 1. The van der Waals surface area contributed by atoms with Crippen LogP contribution >= 0.6 is 27.3 Å². The zero-order valence-corrected chi connectivity index (χ0v) is 13.6. The monoisotopic (exact) mass is 341 g/mol. The Morgan fingerprint density at radius 1 is 1.47 bits per heavy atom. The van der Waals surface area contributed by atoms with Crippen LogP contribution in [0, 0.1) is 6.92 Å². The molecule has 0 saturated heterocycles. The number of aryl methyl sites for hydroxylation is 3. The summed E-state index contributed by atoms with van der Waals surface area (Å²) in [6, 6.07) is 0. The maximum Gasteiger partial charge on any atom is 0.188 e. The van der Waals surface area contributed by atoms with Crippen molar-refractivity contribution in [2.45, 2.75) is 40.2 Å². The van der Waals surface area contributed by atoms with Gasteiger partial charge in [-0.2, -0.15) is 5.10 Å². The summed E-state index contributed by atoms with van der Waals surface area (Å²) in [7, 11) is 0. The zero-order chi connectivity index (χ0) is 14.0. The highest BCUT2D eigenvalue weighted by atomic mass is 79.9. The van der Waals surface area contributed by atoms with E-state index in [4.69, 9.17) is 0 Å². The average molecular weight is 342 g/mol. The molecule has 0 atom stereocenters. The molecule has 4 nitrogen and oxygen atoms in total. The summed E-state index contributed by atoms with van der Waals surface area (Å²) < 4.78 is 2.84. The van der Waals surface area contributed by atoms with Crippen molar-refractivity contribution in [3.05, 3.63) is 31.9 Å². The number of ketones is 1. The number of hydrogen-bond donors (Lipinski definition) is 0. The van der Waals surface area contributed by atoms with Crippen molar-refractivity contribution in [1.82, 2.24) is 14.8 Å². The van der Waals surface area contributed by atoms with Gasteiger partial charge in [0.15, 0.2) is 5.78 Å². The summed E-state index contributed by atoms with van der Waals surface area (Å²) in [5.41, 5.74) is 2.49. The van der Waals surface area contributed by atoms with Crippen LogP contribution in [0.3, 0.4) is 0 Å². The van der Waals surface area contributed by atoms with Crippen molar-refractivity contribution in [1.29, 1.82) is 0 Å². The largest absolute Gasteiger partial charge is 0.292 e. The van der Waals surface area contributed by atoms with Crippen molar-refractivity contribution >= 4 is 33.0 Å². The number of rotatable bonds is 5. The van der Waals surface area contributed by atoms with E-state index in [0.29, 0.717) is 12.1 Å². The van der Waals surface area contributed by atoms with Crippen LogP contribution in [0.25, 0.3) is 0 Å². The highest BCUT2D eigenvalue weighted by Crippen LogP contribution is 2.24. The van der Waals surface area contributed by atoms with Crippen LogP contribution < -0.4 is 0 Å². The Hall–Kier alpha value is -1.01. The summed E-state index contributed by atoms with van der Waals surface area (Å²) in [5, 5.41) is 7.23. The third-order valence-electron chi connectivity index (χ3n) is 2.93. The van der Waals surface area contributed by atoms with Gasteiger partial charge in [-0.05, 0) is 36.2 Å². The molecule has 2 heterocycles. The first-order valence-electron chi connectivity index (χ1n) is 6.26.